The maximum atomic E-state index is 10.6. The Morgan fingerprint density at radius 3 is 2.93 bits per heavy atom. The lowest BCUT2D eigenvalue weighted by atomic mass is 10.2. The van der Waals surface area contributed by atoms with E-state index >= 15 is 0 Å². The van der Waals surface area contributed by atoms with E-state index in [4.69, 9.17) is 5.11 Å². The molecule has 1 aliphatic rings. The van der Waals surface area contributed by atoms with Gasteiger partial charge in [0.05, 0.1) is 0 Å². The summed E-state index contributed by atoms with van der Waals surface area (Å²) >= 11 is 1.97. The molecule has 0 amide bonds. The number of thioether (sulfide) groups is 1. The van der Waals surface area contributed by atoms with Crippen molar-refractivity contribution in [2.45, 2.75) is 37.5 Å². The maximum absolute atomic E-state index is 10.6. The zero-order valence-electron chi connectivity index (χ0n) is 9.16. The second-order valence-corrected chi connectivity index (χ2v) is 5.34. The summed E-state index contributed by atoms with van der Waals surface area (Å²) in [4.78, 5) is 10.6. The van der Waals surface area contributed by atoms with Crippen LogP contribution in [-0.4, -0.2) is 34.7 Å². The van der Waals surface area contributed by atoms with Crippen molar-refractivity contribution in [3.8, 4) is 0 Å². The van der Waals surface area contributed by atoms with Crippen molar-refractivity contribution in [1.82, 2.24) is 5.32 Å². The van der Waals surface area contributed by atoms with Gasteiger partial charge in [-0.05, 0) is 18.6 Å². The largest absolute Gasteiger partial charge is 0.478 e. The van der Waals surface area contributed by atoms with Crippen LogP contribution in [-0.2, 0) is 4.79 Å². The highest BCUT2D eigenvalue weighted by molar-refractivity contribution is 7.99. The van der Waals surface area contributed by atoms with E-state index in [1.165, 1.54) is 12.8 Å². The van der Waals surface area contributed by atoms with Crippen molar-refractivity contribution in [1.29, 1.82) is 0 Å². The first-order valence-corrected chi connectivity index (χ1v) is 6.46. The molecule has 1 aliphatic carbocycles. The summed E-state index contributed by atoms with van der Waals surface area (Å²) in [6.45, 7) is 6.08. The van der Waals surface area contributed by atoms with E-state index in [-0.39, 0.29) is 5.57 Å². The predicted octanol–water partition coefficient (Wildman–Crippen LogP) is 1.89. The van der Waals surface area contributed by atoms with Gasteiger partial charge in [-0.1, -0.05) is 19.9 Å². The fourth-order valence-corrected chi connectivity index (χ4v) is 3.13. The topological polar surface area (TPSA) is 49.3 Å². The van der Waals surface area contributed by atoms with Gasteiger partial charge in [-0.15, -0.1) is 0 Å². The van der Waals surface area contributed by atoms with Crippen molar-refractivity contribution >= 4 is 17.7 Å². The molecule has 0 aromatic heterocycles. The van der Waals surface area contributed by atoms with Crippen LogP contribution in [0, 0.1) is 0 Å². The summed E-state index contributed by atoms with van der Waals surface area (Å²) in [7, 11) is 0. The smallest absolute Gasteiger partial charge is 0.332 e. The number of rotatable bonds is 6. The van der Waals surface area contributed by atoms with Crippen molar-refractivity contribution in [2.24, 2.45) is 0 Å². The lowest BCUT2D eigenvalue weighted by molar-refractivity contribution is -0.132. The molecule has 0 radical (unpaired) electrons. The van der Waals surface area contributed by atoms with Crippen molar-refractivity contribution in [2.75, 3.05) is 12.3 Å². The average molecular weight is 229 g/mol. The summed E-state index contributed by atoms with van der Waals surface area (Å²) in [6, 6.07) is 0.464. The molecule has 0 saturated heterocycles. The molecule has 0 heterocycles. The van der Waals surface area contributed by atoms with Crippen LogP contribution in [0.25, 0.3) is 0 Å². The molecule has 0 aliphatic heterocycles. The fraction of sp³-hybridized carbons (Fsp3) is 0.727. The minimum absolute atomic E-state index is 0.252. The Kier molecular flexibility index (Phi) is 5.19. The molecule has 2 unspecified atom stereocenters. The lowest BCUT2D eigenvalue weighted by Gasteiger charge is -2.20. The van der Waals surface area contributed by atoms with Gasteiger partial charge in [-0.3, -0.25) is 0 Å². The van der Waals surface area contributed by atoms with Crippen LogP contribution in [0.5, 0.6) is 0 Å². The molecule has 1 rings (SSSR count). The van der Waals surface area contributed by atoms with Gasteiger partial charge in [0.25, 0.3) is 0 Å². The zero-order valence-corrected chi connectivity index (χ0v) is 9.98. The maximum Gasteiger partial charge on any atom is 0.332 e. The van der Waals surface area contributed by atoms with Gasteiger partial charge in [0.2, 0.25) is 0 Å². The average Bonchev–Trinajstić information content (AvgIpc) is 2.62. The number of hydrogen-bond donors (Lipinski definition) is 2. The van der Waals surface area contributed by atoms with Crippen LogP contribution in [0.1, 0.15) is 26.2 Å². The second-order valence-electron chi connectivity index (χ2n) is 3.82. The van der Waals surface area contributed by atoms with Gasteiger partial charge >= 0.3 is 5.97 Å². The van der Waals surface area contributed by atoms with Gasteiger partial charge in [0, 0.05) is 23.4 Å². The summed E-state index contributed by atoms with van der Waals surface area (Å²) in [5, 5.41) is 12.6. The molecule has 1 saturated carbocycles. The molecule has 0 bridgehead atoms. The Bertz CT molecular complexity index is 243. The summed E-state index contributed by atoms with van der Waals surface area (Å²) in [6.07, 6.45) is 3.65. The molecule has 0 aromatic rings. The third kappa shape index (κ3) is 3.87. The number of carboxylic acids is 1. The third-order valence-corrected chi connectivity index (χ3v) is 4.04. The Balaban J connectivity index is 2.31. The molecule has 2 N–H and O–H groups in total. The second kappa shape index (κ2) is 6.18. The van der Waals surface area contributed by atoms with E-state index in [9.17, 15) is 4.79 Å². The number of carbonyl (C=O) groups is 1. The highest BCUT2D eigenvalue weighted by atomic mass is 32.2. The van der Waals surface area contributed by atoms with E-state index < -0.39 is 5.97 Å². The molecule has 0 aromatic carbocycles. The SMILES string of the molecule is C=C(CNC1CCCC1SCC)C(=O)O. The highest BCUT2D eigenvalue weighted by Gasteiger charge is 2.26. The van der Waals surface area contributed by atoms with Crippen LogP contribution in [0.2, 0.25) is 0 Å². The standard InChI is InChI=1S/C11H19NO2S/c1-3-15-10-6-4-5-9(10)12-7-8(2)11(13)14/h9-10,12H,2-7H2,1H3,(H,13,14). The summed E-state index contributed by atoms with van der Waals surface area (Å²) in [5.41, 5.74) is 0.252. The van der Waals surface area contributed by atoms with Gasteiger partial charge in [0.1, 0.15) is 0 Å². The Morgan fingerprint density at radius 1 is 1.60 bits per heavy atom. The Morgan fingerprint density at radius 2 is 2.33 bits per heavy atom. The molecular formula is C11H19NO2S. The van der Waals surface area contributed by atoms with Crippen molar-refractivity contribution in [3.05, 3.63) is 12.2 Å². The zero-order chi connectivity index (χ0) is 11.3. The molecule has 4 heteroatoms. The third-order valence-electron chi connectivity index (χ3n) is 2.71. The molecule has 2 atom stereocenters. The summed E-state index contributed by atoms with van der Waals surface area (Å²) < 4.78 is 0. The minimum Gasteiger partial charge on any atom is -0.478 e. The first kappa shape index (κ1) is 12.6. The van der Waals surface area contributed by atoms with Gasteiger partial charge < -0.3 is 10.4 Å². The predicted molar refractivity (Wildman–Crippen MR) is 64.3 cm³/mol. The monoisotopic (exact) mass is 229 g/mol. The van der Waals surface area contributed by atoms with Crippen LogP contribution in [0.15, 0.2) is 12.2 Å². The van der Waals surface area contributed by atoms with Gasteiger partial charge in [-0.25, -0.2) is 4.79 Å². The van der Waals surface area contributed by atoms with Crippen LogP contribution < -0.4 is 5.32 Å². The van der Waals surface area contributed by atoms with E-state index in [0.29, 0.717) is 17.8 Å². The number of aliphatic carboxylic acids is 1. The minimum atomic E-state index is -0.903. The van der Waals surface area contributed by atoms with Crippen LogP contribution in [0.3, 0.4) is 0 Å². The first-order chi connectivity index (χ1) is 7.15. The first-order valence-electron chi connectivity index (χ1n) is 5.41. The normalized spacial score (nSPS) is 25.4. The Labute approximate surface area is 95.3 Å². The van der Waals surface area contributed by atoms with E-state index in [1.54, 1.807) is 0 Å². The Hall–Kier alpha value is -0.480. The highest BCUT2D eigenvalue weighted by Crippen LogP contribution is 2.29. The fourth-order valence-electron chi connectivity index (χ4n) is 1.90. The van der Waals surface area contributed by atoms with Crippen molar-refractivity contribution in [3.63, 3.8) is 0 Å². The quantitative estimate of drug-likeness (QED) is 0.683. The lowest BCUT2D eigenvalue weighted by Crippen LogP contribution is -2.36. The van der Waals surface area contributed by atoms with E-state index in [2.05, 4.69) is 18.8 Å². The van der Waals surface area contributed by atoms with Gasteiger partial charge in [-0.2, -0.15) is 11.8 Å². The van der Waals surface area contributed by atoms with Crippen LogP contribution in [0.4, 0.5) is 0 Å². The van der Waals surface area contributed by atoms with E-state index in [1.807, 2.05) is 11.8 Å². The molecular weight excluding hydrogens is 210 g/mol. The molecule has 1 fully saturated rings. The molecule has 3 nitrogen and oxygen atoms in total. The summed E-state index contributed by atoms with van der Waals surface area (Å²) in [5.74, 6) is 0.225. The van der Waals surface area contributed by atoms with Crippen LogP contribution >= 0.6 is 11.8 Å². The number of nitrogens with one attached hydrogen (secondary N) is 1. The molecule has 0 spiro atoms. The van der Waals surface area contributed by atoms with Gasteiger partial charge in [0.15, 0.2) is 0 Å². The van der Waals surface area contributed by atoms with Crippen molar-refractivity contribution < 1.29 is 9.90 Å². The van der Waals surface area contributed by atoms with E-state index in [0.717, 1.165) is 12.2 Å². The molecule has 86 valence electrons. The number of carboxylic acid groups (broad SMARTS) is 1. The molecule has 15 heavy (non-hydrogen) atoms. The number of hydrogen-bond acceptors (Lipinski definition) is 3.